The van der Waals surface area contributed by atoms with Crippen molar-refractivity contribution in [2.24, 2.45) is 0 Å². The van der Waals surface area contributed by atoms with Crippen LogP contribution in [0.15, 0.2) is 12.2 Å². The van der Waals surface area contributed by atoms with E-state index in [1.165, 1.54) is 0 Å². The lowest BCUT2D eigenvalue weighted by molar-refractivity contribution is -0.144. The van der Waals surface area contributed by atoms with Crippen LogP contribution in [0.3, 0.4) is 0 Å². The summed E-state index contributed by atoms with van der Waals surface area (Å²) >= 11 is 0. The second-order valence-electron chi connectivity index (χ2n) is 3.33. The molecule has 0 radical (unpaired) electrons. The third kappa shape index (κ3) is 9.26. The molecule has 0 aromatic carbocycles. The molecule has 0 aliphatic heterocycles. The summed E-state index contributed by atoms with van der Waals surface area (Å²) < 4.78 is 10.1. The Morgan fingerprint density at radius 3 is 2.64 bits per heavy atom. The fourth-order valence-corrected chi connectivity index (χ4v) is 0.804. The first-order valence-electron chi connectivity index (χ1n) is 5.04. The molecule has 0 atom stereocenters. The van der Waals surface area contributed by atoms with Crippen LogP contribution in [-0.2, 0) is 14.3 Å². The average Bonchev–Trinajstić information content (AvgIpc) is 2.13. The van der Waals surface area contributed by atoms with Gasteiger partial charge in [0.25, 0.3) is 0 Å². The number of ether oxygens (including phenoxy) is 2. The standard InChI is InChI=1S/C11H20O3/c1-4-5-7-14-11(12)6-8-13-9-10(2)3/h2,4-9H2,1,3H3. The van der Waals surface area contributed by atoms with E-state index in [-0.39, 0.29) is 5.97 Å². The summed E-state index contributed by atoms with van der Waals surface area (Å²) in [5.41, 5.74) is 0.962. The Balaban J connectivity index is 3.22. The molecule has 0 aromatic rings. The van der Waals surface area contributed by atoms with E-state index >= 15 is 0 Å². The van der Waals surface area contributed by atoms with Gasteiger partial charge in [0.2, 0.25) is 0 Å². The van der Waals surface area contributed by atoms with Crippen molar-refractivity contribution in [1.82, 2.24) is 0 Å². The Morgan fingerprint density at radius 2 is 2.07 bits per heavy atom. The van der Waals surface area contributed by atoms with E-state index in [4.69, 9.17) is 9.47 Å². The SMILES string of the molecule is C=C(C)COCCC(=O)OCCCC. The third-order valence-electron chi connectivity index (χ3n) is 1.56. The van der Waals surface area contributed by atoms with E-state index in [1.807, 2.05) is 6.92 Å². The van der Waals surface area contributed by atoms with Gasteiger partial charge in [0.1, 0.15) is 0 Å². The van der Waals surface area contributed by atoms with Gasteiger partial charge in [-0.15, -0.1) is 0 Å². The van der Waals surface area contributed by atoms with Crippen LogP contribution in [0, 0.1) is 0 Å². The Kier molecular flexibility index (Phi) is 8.24. The lowest BCUT2D eigenvalue weighted by Crippen LogP contribution is -2.09. The van der Waals surface area contributed by atoms with Crippen molar-refractivity contribution in [3.63, 3.8) is 0 Å². The largest absolute Gasteiger partial charge is 0.466 e. The second-order valence-corrected chi connectivity index (χ2v) is 3.33. The summed E-state index contributed by atoms with van der Waals surface area (Å²) in [6.45, 7) is 9.09. The number of hydrogen-bond donors (Lipinski definition) is 0. The molecule has 0 heterocycles. The van der Waals surface area contributed by atoms with E-state index in [0.717, 1.165) is 18.4 Å². The maximum atomic E-state index is 11.0. The number of carbonyl (C=O) groups excluding carboxylic acids is 1. The topological polar surface area (TPSA) is 35.5 Å². The third-order valence-corrected chi connectivity index (χ3v) is 1.56. The van der Waals surface area contributed by atoms with E-state index in [9.17, 15) is 4.79 Å². The van der Waals surface area contributed by atoms with Crippen molar-refractivity contribution in [3.05, 3.63) is 12.2 Å². The highest BCUT2D eigenvalue weighted by atomic mass is 16.5. The molecule has 0 amide bonds. The van der Waals surface area contributed by atoms with Gasteiger partial charge in [-0.3, -0.25) is 4.79 Å². The van der Waals surface area contributed by atoms with Crippen LogP contribution in [0.1, 0.15) is 33.1 Å². The maximum Gasteiger partial charge on any atom is 0.308 e. The highest BCUT2D eigenvalue weighted by Crippen LogP contribution is 1.94. The molecule has 0 N–H and O–H groups in total. The van der Waals surface area contributed by atoms with Crippen molar-refractivity contribution < 1.29 is 14.3 Å². The number of unbranched alkanes of at least 4 members (excludes halogenated alkanes) is 1. The molecule has 3 heteroatoms. The van der Waals surface area contributed by atoms with Crippen LogP contribution in [-0.4, -0.2) is 25.8 Å². The molecule has 0 fully saturated rings. The van der Waals surface area contributed by atoms with Crippen molar-refractivity contribution in [2.45, 2.75) is 33.1 Å². The zero-order valence-electron chi connectivity index (χ0n) is 9.17. The molecule has 0 saturated heterocycles. The molecule has 14 heavy (non-hydrogen) atoms. The van der Waals surface area contributed by atoms with Gasteiger partial charge >= 0.3 is 5.97 Å². The Morgan fingerprint density at radius 1 is 1.36 bits per heavy atom. The molecule has 0 saturated carbocycles. The van der Waals surface area contributed by atoms with Gasteiger partial charge in [0, 0.05) is 0 Å². The predicted octanol–water partition coefficient (Wildman–Crippen LogP) is 2.31. The Bertz CT molecular complexity index is 175. The molecular formula is C11H20O3. The van der Waals surface area contributed by atoms with Crippen LogP contribution < -0.4 is 0 Å². The number of rotatable bonds is 8. The minimum absolute atomic E-state index is 0.180. The van der Waals surface area contributed by atoms with Gasteiger partial charge in [0.05, 0.1) is 26.2 Å². The van der Waals surface area contributed by atoms with Gasteiger partial charge in [0.15, 0.2) is 0 Å². The Hall–Kier alpha value is -0.830. The minimum Gasteiger partial charge on any atom is -0.466 e. The second kappa shape index (κ2) is 8.75. The van der Waals surface area contributed by atoms with E-state index in [2.05, 4.69) is 13.5 Å². The van der Waals surface area contributed by atoms with Gasteiger partial charge < -0.3 is 9.47 Å². The molecule has 0 bridgehead atoms. The van der Waals surface area contributed by atoms with Crippen LogP contribution in [0.5, 0.6) is 0 Å². The molecule has 82 valence electrons. The zero-order valence-corrected chi connectivity index (χ0v) is 9.17. The van der Waals surface area contributed by atoms with Crippen molar-refractivity contribution in [2.75, 3.05) is 19.8 Å². The van der Waals surface area contributed by atoms with Crippen LogP contribution in [0.2, 0.25) is 0 Å². The summed E-state index contributed by atoms with van der Waals surface area (Å²) in [5, 5.41) is 0. The first-order chi connectivity index (χ1) is 6.66. The zero-order chi connectivity index (χ0) is 10.8. The van der Waals surface area contributed by atoms with E-state index in [1.54, 1.807) is 0 Å². The highest BCUT2D eigenvalue weighted by Gasteiger charge is 2.01. The maximum absolute atomic E-state index is 11.0. The predicted molar refractivity (Wildman–Crippen MR) is 56.1 cm³/mol. The molecule has 0 rings (SSSR count). The van der Waals surface area contributed by atoms with Gasteiger partial charge in [-0.2, -0.15) is 0 Å². The van der Waals surface area contributed by atoms with E-state index in [0.29, 0.717) is 26.2 Å². The molecule has 3 nitrogen and oxygen atoms in total. The fourth-order valence-electron chi connectivity index (χ4n) is 0.804. The molecular weight excluding hydrogens is 180 g/mol. The molecule has 0 aromatic heterocycles. The number of carbonyl (C=O) groups is 1. The monoisotopic (exact) mass is 200 g/mol. The fraction of sp³-hybridized carbons (Fsp3) is 0.727. The smallest absolute Gasteiger partial charge is 0.308 e. The summed E-state index contributed by atoms with van der Waals surface area (Å²) in [6, 6.07) is 0. The Labute approximate surface area is 86.1 Å². The summed E-state index contributed by atoms with van der Waals surface area (Å²) in [5.74, 6) is -0.180. The van der Waals surface area contributed by atoms with E-state index < -0.39 is 0 Å². The van der Waals surface area contributed by atoms with Gasteiger partial charge in [-0.05, 0) is 13.3 Å². The molecule has 0 aliphatic rings. The van der Waals surface area contributed by atoms with Crippen LogP contribution in [0.25, 0.3) is 0 Å². The van der Waals surface area contributed by atoms with Crippen molar-refractivity contribution in [1.29, 1.82) is 0 Å². The van der Waals surface area contributed by atoms with Gasteiger partial charge in [-0.1, -0.05) is 25.5 Å². The summed E-state index contributed by atoms with van der Waals surface area (Å²) in [4.78, 5) is 11.0. The summed E-state index contributed by atoms with van der Waals surface area (Å²) in [7, 11) is 0. The average molecular weight is 200 g/mol. The highest BCUT2D eigenvalue weighted by molar-refractivity contribution is 5.69. The minimum atomic E-state index is -0.180. The lowest BCUT2D eigenvalue weighted by atomic mass is 10.3. The van der Waals surface area contributed by atoms with Crippen molar-refractivity contribution in [3.8, 4) is 0 Å². The number of esters is 1. The molecule has 0 aliphatic carbocycles. The van der Waals surface area contributed by atoms with Crippen LogP contribution >= 0.6 is 0 Å². The van der Waals surface area contributed by atoms with Crippen molar-refractivity contribution >= 4 is 5.97 Å². The first kappa shape index (κ1) is 13.2. The summed E-state index contributed by atoms with van der Waals surface area (Å²) in [6.07, 6.45) is 2.30. The first-order valence-corrected chi connectivity index (χ1v) is 5.04. The normalized spacial score (nSPS) is 9.86. The quantitative estimate of drug-likeness (QED) is 0.342. The molecule has 0 unspecified atom stereocenters. The lowest BCUT2D eigenvalue weighted by Gasteiger charge is -2.04. The van der Waals surface area contributed by atoms with Crippen LogP contribution in [0.4, 0.5) is 0 Å². The molecule has 0 spiro atoms. The van der Waals surface area contributed by atoms with Gasteiger partial charge in [-0.25, -0.2) is 0 Å². The number of hydrogen-bond acceptors (Lipinski definition) is 3.